The maximum absolute atomic E-state index is 13.2. The lowest BCUT2D eigenvalue weighted by Crippen LogP contribution is -2.54. The van der Waals surface area contributed by atoms with Crippen LogP contribution in [-0.4, -0.2) is 25.0 Å². The van der Waals surface area contributed by atoms with Crippen molar-refractivity contribution in [1.29, 1.82) is 0 Å². The van der Waals surface area contributed by atoms with Crippen LogP contribution in [0.25, 0.3) is 6.08 Å². The van der Waals surface area contributed by atoms with Gasteiger partial charge in [0, 0.05) is 11.6 Å². The average molecular weight is 446 g/mol. The first-order valence-electron chi connectivity index (χ1n) is 9.98. The largest absolute Gasteiger partial charge is 0.497 e. The normalized spacial score (nSPS) is 14.9. The van der Waals surface area contributed by atoms with Crippen LogP contribution in [0.3, 0.4) is 0 Å². The molecule has 0 radical (unpaired) electrons. The third-order valence-corrected chi connectivity index (χ3v) is 4.94. The van der Waals surface area contributed by atoms with Crippen molar-refractivity contribution in [1.82, 2.24) is 5.32 Å². The molecule has 0 unspecified atom stereocenters. The number of carbonyl (C=O) groups is 3. The summed E-state index contributed by atoms with van der Waals surface area (Å²) in [4.78, 5) is 38.8. The Hall–Kier alpha value is -4.46. The van der Waals surface area contributed by atoms with Crippen LogP contribution in [0.4, 0.5) is 14.9 Å². The number of rotatable bonds is 6. The maximum atomic E-state index is 13.2. The van der Waals surface area contributed by atoms with Crippen LogP contribution in [0.15, 0.2) is 78.4 Å². The zero-order valence-corrected chi connectivity index (χ0v) is 17.6. The van der Waals surface area contributed by atoms with E-state index in [0.717, 1.165) is 10.5 Å². The summed E-state index contributed by atoms with van der Waals surface area (Å²) in [6.45, 7) is 0.123. The molecule has 166 valence electrons. The maximum Gasteiger partial charge on any atom is 0.335 e. The van der Waals surface area contributed by atoms with Crippen molar-refractivity contribution in [3.63, 3.8) is 0 Å². The molecule has 3 aromatic carbocycles. The number of barbiturate groups is 1. The minimum Gasteiger partial charge on any atom is -0.497 e. The number of methoxy groups -OCH3 is 1. The first kappa shape index (κ1) is 21.8. The highest BCUT2D eigenvalue weighted by molar-refractivity contribution is 6.39. The summed E-state index contributed by atoms with van der Waals surface area (Å²) in [5, 5.41) is 2.19. The monoisotopic (exact) mass is 446 g/mol. The standard InChI is InChI=1S/C25H19FN2O5/c1-32-20-12-9-17(22(14-20)33-15-16-7-10-18(26)11-8-16)13-21-23(29)27-25(31)28(24(21)30)19-5-3-2-4-6-19/h2-14H,15H2,1H3,(H,27,29,31)/b21-13+. The summed E-state index contributed by atoms with van der Waals surface area (Å²) >= 11 is 0. The molecule has 0 aromatic heterocycles. The van der Waals surface area contributed by atoms with Crippen molar-refractivity contribution in [2.75, 3.05) is 12.0 Å². The van der Waals surface area contributed by atoms with Crippen molar-refractivity contribution < 1.29 is 28.2 Å². The van der Waals surface area contributed by atoms with Crippen molar-refractivity contribution in [2.45, 2.75) is 6.61 Å². The molecule has 0 spiro atoms. The number of amides is 4. The lowest BCUT2D eigenvalue weighted by atomic mass is 10.1. The molecule has 3 aromatic rings. The van der Waals surface area contributed by atoms with Gasteiger partial charge in [0.2, 0.25) is 0 Å². The first-order valence-corrected chi connectivity index (χ1v) is 9.98. The van der Waals surface area contributed by atoms with Crippen LogP contribution in [-0.2, 0) is 16.2 Å². The molecule has 1 N–H and O–H groups in total. The van der Waals surface area contributed by atoms with Crippen molar-refractivity contribution >= 4 is 29.6 Å². The van der Waals surface area contributed by atoms with Crippen LogP contribution in [0.5, 0.6) is 11.5 Å². The Balaban J connectivity index is 1.67. The van der Waals surface area contributed by atoms with Gasteiger partial charge in [-0.25, -0.2) is 14.1 Å². The predicted molar refractivity (Wildman–Crippen MR) is 119 cm³/mol. The number of hydrogen-bond acceptors (Lipinski definition) is 5. The Morgan fingerprint density at radius 2 is 1.70 bits per heavy atom. The second kappa shape index (κ2) is 9.35. The van der Waals surface area contributed by atoms with Gasteiger partial charge in [-0.05, 0) is 48.0 Å². The third kappa shape index (κ3) is 4.74. The van der Waals surface area contributed by atoms with E-state index in [-0.39, 0.29) is 18.0 Å². The van der Waals surface area contributed by atoms with Crippen molar-refractivity contribution in [2.24, 2.45) is 0 Å². The van der Waals surface area contributed by atoms with Crippen LogP contribution in [0.2, 0.25) is 0 Å². The van der Waals surface area contributed by atoms with Gasteiger partial charge in [0.05, 0.1) is 12.8 Å². The lowest BCUT2D eigenvalue weighted by Gasteiger charge is -2.26. The van der Waals surface area contributed by atoms with E-state index in [4.69, 9.17) is 9.47 Å². The Morgan fingerprint density at radius 1 is 0.970 bits per heavy atom. The number of benzene rings is 3. The molecule has 0 bridgehead atoms. The summed E-state index contributed by atoms with van der Waals surface area (Å²) < 4.78 is 24.3. The van der Waals surface area contributed by atoms with Gasteiger partial charge in [-0.2, -0.15) is 0 Å². The van der Waals surface area contributed by atoms with Gasteiger partial charge >= 0.3 is 6.03 Å². The Bertz CT molecular complexity index is 1240. The number of para-hydroxylation sites is 1. The number of imide groups is 2. The summed E-state index contributed by atoms with van der Waals surface area (Å²) in [5.41, 5.74) is 1.26. The molecule has 1 fully saturated rings. The molecule has 4 amide bonds. The van der Waals surface area contributed by atoms with E-state index in [0.29, 0.717) is 22.7 Å². The fourth-order valence-corrected chi connectivity index (χ4v) is 3.25. The fraction of sp³-hybridized carbons (Fsp3) is 0.0800. The Labute approximate surface area is 189 Å². The zero-order chi connectivity index (χ0) is 23.4. The van der Waals surface area contributed by atoms with E-state index in [1.807, 2.05) is 0 Å². The molecule has 4 rings (SSSR count). The molecule has 1 aliphatic heterocycles. The quantitative estimate of drug-likeness (QED) is 0.456. The zero-order valence-electron chi connectivity index (χ0n) is 17.6. The molecular weight excluding hydrogens is 427 g/mol. The number of nitrogens with zero attached hydrogens (tertiary/aromatic N) is 1. The average Bonchev–Trinajstić information content (AvgIpc) is 2.82. The fourth-order valence-electron chi connectivity index (χ4n) is 3.25. The molecule has 1 heterocycles. The molecule has 0 saturated carbocycles. The minimum absolute atomic E-state index is 0.123. The first-order chi connectivity index (χ1) is 16.0. The Kier molecular flexibility index (Phi) is 6.17. The molecule has 1 saturated heterocycles. The molecule has 0 aliphatic carbocycles. The van der Waals surface area contributed by atoms with E-state index in [1.54, 1.807) is 60.7 Å². The SMILES string of the molecule is COc1ccc(/C=C2\C(=O)NC(=O)N(c3ccccc3)C2=O)c(OCc2ccc(F)cc2)c1. The van der Waals surface area contributed by atoms with Crippen LogP contribution in [0, 0.1) is 5.82 Å². The van der Waals surface area contributed by atoms with E-state index >= 15 is 0 Å². The van der Waals surface area contributed by atoms with Gasteiger partial charge in [0.1, 0.15) is 29.5 Å². The molecule has 1 aliphatic rings. The summed E-state index contributed by atoms with van der Waals surface area (Å²) in [7, 11) is 1.50. The van der Waals surface area contributed by atoms with Gasteiger partial charge in [-0.3, -0.25) is 14.9 Å². The van der Waals surface area contributed by atoms with E-state index in [2.05, 4.69) is 5.32 Å². The summed E-state index contributed by atoms with van der Waals surface area (Å²) in [5.74, 6) is -1.07. The van der Waals surface area contributed by atoms with Crippen molar-refractivity contribution in [3.8, 4) is 11.5 Å². The number of nitrogens with one attached hydrogen (secondary N) is 1. The van der Waals surface area contributed by atoms with Gasteiger partial charge < -0.3 is 9.47 Å². The van der Waals surface area contributed by atoms with E-state index < -0.39 is 17.8 Å². The number of urea groups is 1. The molecular formula is C25H19FN2O5. The third-order valence-electron chi connectivity index (χ3n) is 4.94. The van der Waals surface area contributed by atoms with Crippen LogP contribution < -0.4 is 19.7 Å². The molecule has 33 heavy (non-hydrogen) atoms. The highest BCUT2D eigenvalue weighted by Crippen LogP contribution is 2.29. The van der Waals surface area contributed by atoms with Gasteiger partial charge in [-0.15, -0.1) is 0 Å². The smallest absolute Gasteiger partial charge is 0.335 e. The van der Waals surface area contributed by atoms with Crippen LogP contribution in [0.1, 0.15) is 11.1 Å². The van der Waals surface area contributed by atoms with E-state index in [1.165, 1.54) is 25.3 Å². The summed E-state index contributed by atoms with van der Waals surface area (Å²) in [6.07, 6.45) is 1.36. The van der Waals surface area contributed by atoms with Gasteiger partial charge in [-0.1, -0.05) is 30.3 Å². The van der Waals surface area contributed by atoms with Crippen LogP contribution >= 0.6 is 0 Å². The molecule has 8 heteroatoms. The lowest BCUT2D eigenvalue weighted by molar-refractivity contribution is -0.122. The number of anilines is 1. The molecule has 0 atom stereocenters. The minimum atomic E-state index is -0.823. The highest BCUT2D eigenvalue weighted by Gasteiger charge is 2.36. The number of halogens is 1. The highest BCUT2D eigenvalue weighted by atomic mass is 19.1. The predicted octanol–water partition coefficient (Wildman–Crippen LogP) is 4.08. The number of ether oxygens (including phenoxy) is 2. The number of carbonyl (C=O) groups excluding carboxylic acids is 3. The second-order valence-corrected chi connectivity index (χ2v) is 7.11. The van der Waals surface area contributed by atoms with Crippen molar-refractivity contribution in [3.05, 3.63) is 95.3 Å². The Morgan fingerprint density at radius 3 is 2.39 bits per heavy atom. The summed E-state index contributed by atoms with van der Waals surface area (Å²) in [6, 6.07) is 18.2. The molecule has 7 nitrogen and oxygen atoms in total. The van der Waals surface area contributed by atoms with Gasteiger partial charge in [0.15, 0.2) is 0 Å². The topological polar surface area (TPSA) is 84.9 Å². The second-order valence-electron chi connectivity index (χ2n) is 7.11. The van der Waals surface area contributed by atoms with E-state index in [9.17, 15) is 18.8 Å². The van der Waals surface area contributed by atoms with Gasteiger partial charge in [0.25, 0.3) is 11.8 Å². The number of hydrogen-bond donors (Lipinski definition) is 1.